The summed E-state index contributed by atoms with van der Waals surface area (Å²) in [4.78, 5) is 0. The Morgan fingerprint density at radius 2 is 2.50 bits per heavy atom. The second kappa shape index (κ2) is 3.88. The van der Waals surface area contributed by atoms with Crippen LogP contribution in [-0.2, 0) is 0 Å². The predicted molar refractivity (Wildman–Crippen MR) is 48.7 cm³/mol. The van der Waals surface area contributed by atoms with Crippen LogP contribution in [-0.4, -0.2) is 24.7 Å². The molecule has 3 nitrogen and oxygen atoms in total. The van der Waals surface area contributed by atoms with Gasteiger partial charge in [0.1, 0.15) is 0 Å². The highest BCUT2D eigenvalue weighted by Crippen LogP contribution is 2.14. The molecule has 0 bridgehead atoms. The average molecular weight is 167 g/mol. The molecular weight excluding hydrogens is 150 g/mol. The van der Waals surface area contributed by atoms with E-state index in [-0.39, 0.29) is 11.6 Å². The molecule has 1 aliphatic heterocycles. The number of hydrogen-bond acceptors (Lipinski definition) is 3. The third kappa shape index (κ3) is 2.20. The molecule has 12 heavy (non-hydrogen) atoms. The topological polar surface area (TPSA) is 47.9 Å². The molecule has 1 saturated heterocycles. The maximum Gasteiger partial charge on any atom is 0.0954 e. The van der Waals surface area contributed by atoms with E-state index in [4.69, 9.17) is 5.26 Å². The minimum absolute atomic E-state index is 0.00917. The van der Waals surface area contributed by atoms with Crippen LogP contribution in [0.15, 0.2) is 0 Å². The first-order valence-electron chi connectivity index (χ1n) is 4.58. The Kier molecular flexibility index (Phi) is 3.07. The molecule has 1 heterocycles. The second-order valence-electron chi connectivity index (χ2n) is 3.72. The minimum atomic E-state index is 0.00917. The molecule has 0 aromatic rings. The van der Waals surface area contributed by atoms with Gasteiger partial charge in [0.25, 0.3) is 0 Å². The second-order valence-corrected chi connectivity index (χ2v) is 3.72. The lowest BCUT2D eigenvalue weighted by molar-refractivity contribution is 0.358. The number of nitrogens with zero attached hydrogens (tertiary/aromatic N) is 1. The zero-order valence-corrected chi connectivity index (χ0v) is 7.85. The van der Waals surface area contributed by atoms with Crippen LogP contribution in [0.4, 0.5) is 0 Å². The molecule has 2 atom stereocenters. The quantitative estimate of drug-likeness (QED) is 0.648. The van der Waals surface area contributed by atoms with Gasteiger partial charge in [-0.3, -0.25) is 5.32 Å². The lowest BCUT2D eigenvalue weighted by Crippen LogP contribution is -2.48. The highest BCUT2D eigenvalue weighted by atomic mass is 15.1. The summed E-state index contributed by atoms with van der Waals surface area (Å²) in [6.45, 7) is 6.25. The lowest BCUT2D eigenvalue weighted by atomic mass is 10.00. The van der Waals surface area contributed by atoms with Crippen LogP contribution in [0.5, 0.6) is 0 Å². The molecule has 1 fully saturated rings. The minimum Gasteiger partial charge on any atom is -0.315 e. The van der Waals surface area contributed by atoms with Gasteiger partial charge in [0.05, 0.1) is 12.1 Å². The highest BCUT2D eigenvalue weighted by molar-refractivity contribution is 4.99. The Morgan fingerprint density at radius 1 is 1.75 bits per heavy atom. The SMILES string of the molecule is CCC(C#N)NC1(C)CCNC1. The van der Waals surface area contributed by atoms with Gasteiger partial charge in [0, 0.05) is 12.1 Å². The standard InChI is InChI=1S/C9H17N3/c1-3-8(6-10)12-9(2)4-5-11-7-9/h8,11-12H,3-5,7H2,1-2H3. The molecule has 1 aliphatic rings. The summed E-state index contributed by atoms with van der Waals surface area (Å²) in [5, 5.41) is 15.4. The fourth-order valence-electron chi connectivity index (χ4n) is 1.59. The molecule has 3 heteroatoms. The zero-order chi connectivity index (χ0) is 9.03. The number of nitriles is 1. The lowest BCUT2D eigenvalue weighted by Gasteiger charge is -2.27. The van der Waals surface area contributed by atoms with Gasteiger partial charge >= 0.3 is 0 Å². The van der Waals surface area contributed by atoms with E-state index in [1.165, 1.54) is 0 Å². The van der Waals surface area contributed by atoms with Crippen LogP contribution in [0.2, 0.25) is 0 Å². The van der Waals surface area contributed by atoms with Gasteiger partial charge in [-0.05, 0) is 26.3 Å². The summed E-state index contributed by atoms with van der Waals surface area (Å²) < 4.78 is 0. The summed E-state index contributed by atoms with van der Waals surface area (Å²) in [5.41, 5.74) is 0.135. The molecule has 0 aliphatic carbocycles. The summed E-state index contributed by atoms with van der Waals surface area (Å²) >= 11 is 0. The third-order valence-corrected chi connectivity index (χ3v) is 2.46. The molecule has 0 saturated carbocycles. The smallest absolute Gasteiger partial charge is 0.0954 e. The van der Waals surface area contributed by atoms with E-state index < -0.39 is 0 Å². The Labute approximate surface area is 74.1 Å². The molecule has 1 rings (SSSR count). The van der Waals surface area contributed by atoms with Crippen LogP contribution in [0.3, 0.4) is 0 Å². The van der Waals surface area contributed by atoms with Crippen LogP contribution in [0, 0.1) is 11.3 Å². The fourth-order valence-corrected chi connectivity index (χ4v) is 1.59. The first-order chi connectivity index (χ1) is 5.70. The normalized spacial score (nSPS) is 31.4. The van der Waals surface area contributed by atoms with Gasteiger partial charge in [-0.1, -0.05) is 6.92 Å². The van der Waals surface area contributed by atoms with E-state index in [1.54, 1.807) is 0 Å². The van der Waals surface area contributed by atoms with Crippen molar-refractivity contribution in [1.82, 2.24) is 10.6 Å². The van der Waals surface area contributed by atoms with Crippen LogP contribution in [0.1, 0.15) is 26.7 Å². The predicted octanol–water partition coefficient (Wildman–Crippen LogP) is 0.630. The van der Waals surface area contributed by atoms with E-state index >= 15 is 0 Å². The average Bonchev–Trinajstić information content (AvgIpc) is 2.48. The van der Waals surface area contributed by atoms with Crippen molar-refractivity contribution in [2.75, 3.05) is 13.1 Å². The van der Waals surface area contributed by atoms with Crippen molar-refractivity contribution in [3.63, 3.8) is 0 Å². The van der Waals surface area contributed by atoms with E-state index in [1.807, 2.05) is 6.92 Å². The third-order valence-electron chi connectivity index (χ3n) is 2.46. The Bertz CT molecular complexity index is 177. The number of nitrogens with one attached hydrogen (secondary N) is 2. The molecule has 68 valence electrons. The van der Waals surface area contributed by atoms with Crippen molar-refractivity contribution in [2.45, 2.75) is 38.3 Å². The summed E-state index contributed by atoms with van der Waals surface area (Å²) in [5.74, 6) is 0. The van der Waals surface area contributed by atoms with E-state index in [0.29, 0.717) is 0 Å². The largest absolute Gasteiger partial charge is 0.315 e. The molecule has 0 aromatic heterocycles. The van der Waals surface area contributed by atoms with Gasteiger partial charge in [0.2, 0.25) is 0 Å². The van der Waals surface area contributed by atoms with Crippen LogP contribution in [0.25, 0.3) is 0 Å². The molecule has 0 amide bonds. The van der Waals surface area contributed by atoms with E-state index in [2.05, 4.69) is 23.6 Å². The zero-order valence-electron chi connectivity index (χ0n) is 7.85. The van der Waals surface area contributed by atoms with Gasteiger partial charge in [0.15, 0.2) is 0 Å². The Hall–Kier alpha value is -0.590. The molecular formula is C9H17N3. The Morgan fingerprint density at radius 3 is 2.92 bits per heavy atom. The molecule has 0 aromatic carbocycles. The first-order valence-corrected chi connectivity index (χ1v) is 4.58. The monoisotopic (exact) mass is 167 g/mol. The molecule has 2 unspecified atom stereocenters. The van der Waals surface area contributed by atoms with Gasteiger partial charge in [-0.2, -0.15) is 5.26 Å². The van der Waals surface area contributed by atoms with Crippen molar-refractivity contribution in [3.05, 3.63) is 0 Å². The molecule has 0 spiro atoms. The van der Waals surface area contributed by atoms with E-state index in [9.17, 15) is 0 Å². The maximum absolute atomic E-state index is 8.77. The number of rotatable bonds is 3. The Balaban J connectivity index is 2.43. The van der Waals surface area contributed by atoms with Gasteiger partial charge < -0.3 is 5.32 Å². The highest BCUT2D eigenvalue weighted by Gasteiger charge is 2.29. The van der Waals surface area contributed by atoms with Crippen molar-refractivity contribution in [3.8, 4) is 6.07 Å². The van der Waals surface area contributed by atoms with Crippen LogP contribution < -0.4 is 10.6 Å². The first kappa shape index (κ1) is 9.50. The molecule has 0 radical (unpaired) electrons. The van der Waals surface area contributed by atoms with E-state index in [0.717, 1.165) is 25.9 Å². The van der Waals surface area contributed by atoms with Gasteiger partial charge in [-0.15, -0.1) is 0 Å². The van der Waals surface area contributed by atoms with Crippen LogP contribution >= 0.6 is 0 Å². The maximum atomic E-state index is 8.77. The van der Waals surface area contributed by atoms with Gasteiger partial charge in [-0.25, -0.2) is 0 Å². The summed E-state index contributed by atoms with van der Waals surface area (Å²) in [6.07, 6.45) is 2.00. The van der Waals surface area contributed by atoms with Crippen molar-refractivity contribution in [2.24, 2.45) is 0 Å². The number of hydrogen-bond donors (Lipinski definition) is 2. The summed E-state index contributed by atoms with van der Waals surface area (Å²) in [6, 6.07) is 2.27. The van der Waals surface area contributed by atoms with Crippen molar-refractivity contribution in [1.29, 1.82) is 5.26 Å². The fraction of sp³-hybridized carbons (Fsp3) is 0.889. The van der Waals surface area contributed by atoms with Crippen molar-refractivity contribution >= 4 is 0 Å². The molecule has 2 N–H and O–H groups in total. The van der Waals surface area contributed by atoms with Crippen molar-refractivity contribution < 1.29 is 0 Å². The summed E-state index contributed by atoms with van der Waals surface area (Å²) in [7, 11) is 0.